The summed E-state index contributed by atoms with van der Waals surface area (Å²) in [6.07, 6.45) is 2.67. The van der Waals surface area contributed by atoms with Gasteiger partial charge in [-0.1, -0.05) is 32.0 Å². The molecule has 3 nitrogen and oxygen atoms in total. The summed E-state index contributed by atoms with van der Waals surface area (Å²) < 4.78 is 0. The van der Waals surface area contributed by atoms with Gasteiger partial charge in [0.05, 0.1) is 0 Å². The topological polar surface area (TPSA) is 18.5 Å². The zero-order valence-corrected chi connectivity index (χ0v) is 14.1. The molecule has 2 rings (SSSR count). The minimum Gasteiger partial charge on any atom is -0.373 e. The first-order valence-corrected chi connectivity index (χ1v) is 8.28. The fourth-order valence-corrected chi connectivity index (χ4v) is 3.15. The molecule has 0 aliphatic carbocycles. The maximum Gasteiger partial charge on any atom is 0.0409 e. The number of likely N-dealkylation sites (N-methyl/N-ethyl adjacent to an activating group) is 2. The minimum atomic E-state index is 0.696. The smallest absolute Gasteiger partial charge is 0.0409 e. The molecular weight excluding hydrogens is 258 g/mol. The summed E-state index contributed by atoms with van der Waals surface area (Å²) in [6, 6.07) is 9.49. The maximum absolute atomic E-state index is 3.56. The third kappa shape index (κ3) is 4.72. The van der Waals surface area contributed by atoms with Gasteiger partial charge in [0.2, 0.25) is 0 Å². The van der Waals surface area contributed by atoms with Gasteiger partial charge in [-0.25, -0.2) is 0 Å². The molecule has 21 heavy (non-hydrogen) atoms. The lowest BCUT2D eigenvalue weighted by molar-refractivity contribution is 0.314. The third-order valence-electron chi connectivity index (χ3n) is 4.43. The molecule has 3 heteroatoms. The quantitative estimate of drug-likeness (QED) is 0.832. The molecule has 0 saturated carbocycles. The van der Waals surface area contributed by atoms with Crippen LogP contribution in [0.1, 0.15) is 32.3 Å². The zero-order valence-electron chi connectivity index (χ0n) is 14.1. The predicted molar refractivity (Wildman–Crippen MR) is 91.9 cm³/mol. The van der Waals surface area contributed by atoms with Crippen molar-refractivity contribution in [2.24, 2.45) is 5.92 Å². The molecular formula is C18H31N3. The van der Waals surface area contributed by atoms with E-state index in [-0.39, 0.29) is 0 Å². The van der Waals surface area contributed by atoms with E-state index in [1.807, 2.05) is 0 Å². The summed E-state index contributed by atoms with van der Waals surface area (Å²) in [4.78, 5) is 4.93. The Morgan fingerprint density at radius 3 is 2.76 bits per heavy atom. The van der Waals surface area contributed by atoms with E-state index in [0.29, 0.717) is 12.0 Å². The van der Waals surface area contributed by atoms with Crippen LogP contribution < -0.4 is 10.2 Å². The Morgan fingerprint density at radius 1 is 1.33 bits per heavy atom. The summed E-state index contributed by atoms with van der Waals surface area (Å²) in [5, 5.41) is 3.56. The number of nitrogens with one attached hydrogen (secondary N) is 1. The highest BCUT2D eigenvalue weighted by Crippen LogP contribution is 2.22. The molecule has 0 spiro atoms. The van der Waals surface area contributed by atoms with Crippen LogP contribution in [0.5, 0.6) is 0 Å². The molecule has 1 aliphatic rings. The van der Waals surface area contributed by atoms with E-state index in [0.717, 1.165) is 19.6 Å². The Morgan fingerprint density at radius 2 is 2.10 bits per heavy atom. The number of para-hydroxylation sites is 1. The normalized spacial score (nSPS) is 19.4. The second kappa shape index (κ2) is 7.81. The van der Waals surface area contributed by atoms with Gasteiger partial charge in [0, 0.05) is 31.9 Å². The average Bonchev–Trinajstić information content (AvgIpc) is 2.84. The molecule has 1 unspecified atom stereocenters. The SMILES string of the molecule is CC(C)CNCc1ccccc1N(C)CC1CCCN1C. The number of benzene rings is 1. The van der Waals surface area contributed by atoms with E-state index in [4.69, 9.17) is 0 Å². The van der Waals surface area contributed by atoms with Crippen molar-refractivity contribution in [3.63, 3.8) is 0 Å². The monoisotopic (exact) mass is 289 g/mol. The van der Waals surface area contributed by atoms with Crippen LogP contribution in [0.4, 0.5) is 5.69 Å². The van der Waals surface area contributed by atoms with E-state index in [1.54, 1.807) is 0 Å². The summed E-state index contributed by atoms with van der Waals surface area (Å²) in [7, 11) is 4.48. The number of hydrogen-bond acceptors (Lipinski definition) is 3. The number of likely N-dealkylation sites (tertiary alicyclic amines) is 1. The fourth-order valence-electron chi connectivity index (χ4n) is 3.15. The van der Waals surface area contributed by atoms with Gasteiger partial charge in [-0.15, -0.1) is 0 Å². The minimum absolute atomic E-state index is 0.696. The van der Waals surface area contributed by atoms with Crippen LogP contribution in [-0.2, 0) is 6.54 Å². The number of hydrogen-bond donors (Lipinski definition) is 1. The largest absolute Gasteiger partial charge is 0.373 e. The van der Waals surface area contributed by atoms with Gasteiger partial charge in [0.1, 0.15) is 0 Å². The van der Waals surface area contributed by atoms with Gasteiger partial charge < -0.3 is 15.1 Å². The molecule has 0 aromatic heterocycles. The molecule has 0 amide bonds. The summed E-state index contributed by atoms with van der Waals surface area (Å²) in [5.74, 6) is 0.696. The number of rotatable bonds is 7. The van der Waals surface area contributed by atoms with Crippen LogP contribution in [0.2, 0.25) is 0 Å². The standard InChI is InChI=1S/C18H31N3/c1-15(2)12-19-13-16-8-5-6-10-18(16)21(4)14-17-9-7-11-20(17)3/h5-6,8,10,15,17,19H,7,9,11-14H2,1-4H3. The van der Waals surface area contributed by atoms with Crippen LogP contribution in [0, 0.1) is 5.92 Å². The first-order valence-electron chi connectivity index (χ1n) is 8.28. The van der Waals surface area contributed by atoms with Crippen molar-refractivity contribution in [3.05, 3.63) is 29.8 Å². The Balaban J connectivity index is 1.97. The third-order valence-corrected chi connectivity index (χ3v) is 4.43. The zero-order chi connectivity index (χ0) is 15.2. The second-order valence-corrected chi connectivity index (χ2v) is 6.81. The predicted octanol–water partition coefficient (Wildman–Crippen LogP) is 2.96. The Kier molecular flexibility index (Phi) is 6.07. The highest BCUT2D eigenvalue weighted by molar-refractivity contribution is 5.53. The van der Waals surface area contributed by atoms with Crippen molar-refractivity contribution >= 4 is 5.69 Å². The fraction of sp³-hybridized carbons (Fsp3) is 0.667. The van der Waals surface area contributed by atoms with Crippen molar-refractivity contribution in [2.45, 2.75) is 39.3 Å². The molecule has 1 saturated heterocycles. The van der Waals surface area contributed by atoms with Crippen LogP contribution in [0.15, 0.2) is 24.3 Å². The van der Waals surface area contributed by atoms with E-state index >= 15 is 0 Å². The van der Waals surface area contributed by atoms with Crippen LogP contribution in [0.25, 0.3) is 0 Å². The Bertz CT molecular complexity index is 430. The van der Waals surface area contributed by atoms with Crippen molar-refractivity contribution < 1.29 is 0 Å². The molecule has 1 N–H and O–H groups in total. The molecule has 118 valence electrons. The van der Waals surface area contributed by atoms with Crippen molar-refractivity contribution in [2.75, 3.05) is 38.6 Å². The van der Waals surface area contributed by atoms with Gasteiger partial charge in [-0.3, -0.25) is 0 Å². The van der Waals surface area contributed by atoms with Gasteiger partial charge in [0.25, 0.3) is 0 Å². The van der Waals surface area contributed by atoms with Gasteiger partial charge in [-0.05, 0) is 50.5 Å². The van der Waals surface area contributed by atoms with E-state index in [2.05, 4.69) is 67.3 Å². The number of nitrogens with zero attached hydrogens (tertiary/aromatic N) is 2. The van der Waals surface area contributed by atoms with Gasteiger partial charge in [0.15, 0.2) is 0 Å². The van der Waals surface area contributed by atoms with E-state index in [1.165, 1.54) is 30.6 Å². The van der Waals surface area contributed by atoms with Crippen molar-refractivity contribution in [1.82, 2.24) is 10.2 Å². The highest BCUT2D eigenvalue weighted by Gasteiger charge is 2.22. The summed E-state index contributed by atoms with van der Waals surface area (Å²) in [6.45, 7) is 8.90. The highest BCUT2D eigenvalue weighted by atomic mass is 15.2. The molecule has 1 heterocycles. The van der Waals surface area contributed by atoms with Gasteiger partial charge >= 0.3 is 0 Å². The Labute approximate surface area is 130 Å². The lowest BCUT2D eigenvalue weighted by atomic mass is 10.1. The van der Waals surface area contributed by atoms with Crippen LogP contribution in [-0.4, -0.2) is 44.7 Å². The molecule has 0 bridgehead atoms. The summed E-state index contributed by atoms with van der Waals surface area (Å²) in [5.41, 5.74) is 2.77. The second-order valence-electron chi connectivity index (χ2n) is 6.81. The molecule has 0 radical (unpaired) electrons. The molecule has 1 aliphatic heterocycles. The maximum atomic E-state index is 3.56. The van der Waals surface area contributed by atoms with Crippen LogP contribution in [0.3, 0.4) is 0 Å². The van der Waals surface area contributed by atoms with Gasteiger partial charge in [-0.2, -0.15) is 0 Å². The lowest BCUT2D eigenvalue weighted by Crippen LogP contribution is -2.37. The molecule has 1 aromatic rings. The van der Waals surface area contributed by atoms with E-state index in [9.17, 15) is 0 Å². The first kappa shape index (κ1) is 16.3. The Hall–Kier alpha value is -1.06. The van der Waals surface area contributed by atoms with E-state index < -0.39 is 0 Å². The lowest BCUT2D eigenvalue weighted by Gasteiger charge is -2.29. The summed E-state index contributed by atoms with van der Waals surface area (Å²) >= 11 is 0. The van der Waals surface area contributed by atoms with Crippen molar-refractivity contribution in [1.29, 1.82) is 0 Å². The first-order chi connectivity index (χ1) is 10.1. The number of anilines is 1. The van der Waals surface area contributed by atoms with Crippen LogP contribution >= 0.6 is 0 Å². The molecule has 1 fully saturated rings. The molecule has 1 aromatic carbocycles. The average molecular weight is 289 g/mol. The molecule has 1 atom stereocenters. The van der Waals surface area contributed by atoms with Crippen molar-refractivity contribution in [3.8, 4) is 0 Å².